The molecular formula is C37H53N11O10. The Morgan fingerprint density at radius 2 is 1.40 bits per heavy atom. The number of aliphatic carboxylic acids is 2. The van der Waals surface area contributed by atoms with Crippen LogP contribution in [-0.4, -0.2) is 134 Å². The molecule has 1 aromatic carbocycles. The number of fused-ring (bicyclic) bond motifs is 1. The number of primary amides is 1. The fourth-order valence-corrected chi connectivity index (χ4v) is 7.26. The lowest BCUT2D eigenvalue weighted by Gasteiger charge is -2.32. The summed E-state index contributed by atoms with van der Waals surface area (Å²) < 4.78 is 0. The van der Waals surface area contributed by atoms with Crippen molar-refractivity contribution in [1.82, 2.24) is 30.7 Å². The van der Waals surface area contributed by atoms with Gasteiger partial charge in [0.15, 0.2) is 5.96 Å². The summed E-state index contributed by atoms with van der Waals surface area (Å²) in [6.07, 6.45) is 2.21. The zero-order chi connectivity index (χ0) is 42.5. The summed E-state index contributed by atoms with van der Waals surface area (Å²) >= 11 is 0. The van der Waals surface area contributed by atoms with Crippen molar-refractivity contribution in [1.29, 1.82) is 0 Å². The number of carbonyl (C=O) groups excluding carboxylic acids is 6. The topological polar surface area (TPSA) is 352 Å². The van der Waals surface area contributed by atoms with Crippen molar-refractivity contribution in [3.63, 3.8) is 0 Å². The van der Waals surface area contributed by atoms with E-state index in [2.05, 4.69) is 25.9 Å². The molecule has 2 fully saturated rings. The quantitative estimate of drug-likeness (QED) is 0.0362. The van der Waals surface area contributed by atoms with Crippen LogP contribution in [-0.2, 0) is 44.8 Å². The predicted octanol–water partition coefficient (Wildman–Crippen LogP) is -2.26. The molecule has 2 saturated heterocycles. The largest absolute Gasteiger partial charge is 0.481 e. The molecule has 0 aliphatic carbocycles. The second kappa shape index (κ2) is 20.8. The number of nitrogens with two attached hydrogens (primary N) is 4. The van der Waals surface area contributed by atoms with Gasteiger partial charge in [0.25, 0.3) is 0 Å². The highest BCUT2D eigenvalue weighted by Gasteiger charge is 2.42. The maximum Gasteiger partial charge on any atom is 0.326 e. The molecule has 6 amide bonds. The molecule has 6 atom stereocenters. The first-order valence-electron chi connectivity index (χ1n) is 19.2. The summed E-state index contributed by atoms with van der Waals surface area (Å²) in [6, 6.07) is 0.184. The second-order valence-corrected chi connectivity index (χ2v) is 14.5. The first kappa shape index (κ1) is 44.5. The first-order valence-corrected chi connectivity index (χ1v) is 19.2. The van der Waals surface area contributed by atoms with E-state index in [1.165, 1.54) is 9.80 Å². The number of nitrogens with zero attached hydrogens (tertiary/aromatic N) is 3. The molecule has 2 aliphatic heterocycles. The third-order valence-corrected chi connectivity index (χ3v) is 10.3. The predicted molar refractivity (Wildman–Crippen MR) is 208 cm³/mol. The van der Waals surface area contributed by atoms with Crippen LogP contribution in [0.5, 0.6) is 0 Å². The number of likely N-dealkylation sites (tertiary alicyclic amines) is 2. The number of rotatable bonds is 21. The Hall–Kier alpha value is -6.25. The molecule has 4 rings (SSSR count). The van der Waals surface area contributed by atoms with Gasteiger partial charge in [0.2, 0.25) is 35.4 Å². The van der Waals surface area contributed by atoms with Gasteiger partial charge in [0, 0.05) is 56.0 Å². The molecule has 2 aromatic rings. The third-order valence-electron chi connectivity index (χ3n) is 10.3. The fourth-order valence-electron chi connectivity index (χ4n) is 7.26. The van der Waals surface area contributed by atoms with Crippen LogP contribution in [0.3, 0.4) is 0 Å². The number of amides is 6. The number of benzene rings is 1. The van der Waals surface area contributed by atoms with Crippen LogP contribution in [0.25, 0.3) is 10.9 Å². The Balaban J connectivity index is 1.54. The van der Waals surface area contributed by atoms with Crippen LogP contribution in [0.2, 0.25) is 0 Å². The van der Waals surface area contributed by atoms with Crippen molar-refractivity contribution in [3.05, 3.63) is 36.0 Å². The molecule has 3 heterocycles. The summed E-state index contributed by atoms with van der Waals surface area (Å²) in [5, 5.41) is 27.4. The number of carbonyl (C=O) groups is 8. The monoisotopic (exact) mass is 811 g/mol. The van der Waals surface area contributed by atoms with Crippen LogP contribution >= 0.6 is 0 Å². The van der Waals surface area contributed by atoms with Crippen molar-refractivity contribution in [2.24, 2.45) is 27.9 Å². The zero-order valence-electron chi connectivity index (χ0n) is 32.1. The number of H-pyrrole nitrogens is 1. The van der Waals surface area contributed by atoms with Crippen molar-refractivity contribution >= 4 is 64.2 Å². The molecule has 0 saturated carbocycles. The van der Waals surface area contributed by atoms with Crippen LogP contribution in [0.15, 0.2) is 35.5 Å². The van der Waals surface area contributed by atoms with Crippen molar-refractivity contribution < 1.29 is 48.6 Å². The van der Waals surface area contributed by atoms with E-state index in [1.54, 1.807) is 6.20 Å². The van der Waals surface area contributed by atoms with Crippen molar-refractivity contribution in [2.45, 2.75) is 107 Å². The van der Waals surface area contributed by atoms with Gasteiger partial charge in [-0.1, -0.05) is 18.2 Å². The van der Waals surface area contributed by atoms with Gasteiger partial charge < -0.3 is 63.9 Å². The van der Waals surface area contributed by atoms with Gasteiger partial charge in [0.05, 0.1) is 6.04 Å². The number of aliphatic imine (C=N–C) groups is 1. The average molecular weight is 812 g/mol. The maximum atomic E-state index is 14.3. The summed E-state index contributed by atoms with van der Waals surface area (Å²) in [5.41, 5.74) is 23.6. The minimum absolute atomic E-state index is 0.0145. The second-order valence-electron chi connectivity index (χ2n) is 14.5. The summed E-state index contributed by atoms with van der Waals surface area (Å²) in [6.45, 7) is 0.401. The number of carboxylic acids is 2. The lowest BCUT2D eigenvalue weighted by atomic mass is 10.0. The van der Waals surface area contributed by atoms with E-state index < -0.39 is 83.6 Å². The Morgan fingerprint density at radius 3 is 1.98 bits per heavy atom. The van der Waals surface area contributed by atoms with Gasteiger partial charge in [-0.05, 0) is 63.0 Å². The van der Waals surface area contributed by atoms with E-state index in [0.717, 1.165) is 10.9 Å². The Morgan fingerprint density at radius 1 is 0.793 bits per heavy atom. The Kier molecular flexibility index (Phi) is 15.9. The molecule has 2 aliphatic rings. The number of hydrogen-bond donors (Lipinski definition) is 10. The van der Waals surface area contributed by atoms with E-state index in [9.17, 15) is 43.5 Å². The van der Waals surface area contributed by atoms with Gasteiger partial charge in [0.1, 0.15) is 30.2 Å². The lowest BCUT2D eigenvalue weighted by molar-refractivity contribution is -0.146. The first-order chi connectivity index (χ1) is 27.6. The van der Waals surface area contributed by atoms with Crippen LogP contribution < -0.4 is 38.9 Å². The minimum atomic E-state index is -1.43. The number of carboxylic acid groups (broad SMARTS) is 2. The van der Waals surface area contributed by atoms with Gasteiger partial charge >= 0.3 is 11.9 Å². The molecule has 0 spiro atoms. The number of aromatic amines is 1. The number of nitrogens with one attached hydrogen (secondary N) is 4. The summed E-state index contributed by atoms with van der Waals surface area (Å²) in [4.78, 5) is 113. The van der Waals surface area contributed by atoms with Crippen LogP contribution in [0.4, 0.5) is 0 Å². The van der Waals surface area contributed by atoms with Gasteiger partial charge in [-0.25, -0.2) is 4.79 Å². The molecule has 21 nitrogen and oxygen atoms in total. The molecule has 14 N–H and O–H groups in total. The molecule has 0 unspecified atom stereocenters. The van der Waals surface area contributed by atoms with Crippen molar-refractivity contribution in [2.75, 3.05) is 19.6 Å². The van der Waals surface area contributed by atoms with E-state index >= 15 is 0 Å². The van der Waals surface area contributed by atoms with E-state index in [0.29, 0.717) is 18.4 Å². The van der Waals surface area contributed by atoms with Gasteiger partial charge in [-0.15, -0.1) is 0 Å². The Bertz CT molecular complexity index is 1880. The molecule has 316 valence electrons. The SMILES string of the molecule is NC(=O)CC[C@H](NC(=O)[C@@H]1CCCN1C(=O)[C@H](CCCN=C(N)N)NC(=O)[C@@H]1CCCN1C(=O)[C@H](Cc1c[nH]c2ccccc12)NC(=O)[C@@H](N)CCC(=O)O)C(=O)O. The smallest absolute Gasteiger partial charge is 0.326 e. The highest BCUT2D eigenvalue weighted by atomic mass is 16.4. The van der Waals surface area contributed by atoms with E-state index in [-0.39, 0.29) is 83.4 Å². The number of hydrogen-bond acceptors (Lipinski definition) is 10. The maximum absolute atomic E-state index is 14.3. The van der Waals surface area contributed by atoms with Crippen LogP contribution in [0, 0.1) is 0 Å². The minimum Gasteiger partial charge on any atom is -0.481 e. The molecule has 58 heavy (non-hydrogen) atoms. The highest BCUT2D eigenvalue weighted by Crippen LogP contribution is 2.25. The normalized spacial score (nSPS) is 18.4. The summed E-state index contributed by atoms with van der Waals surface area (Å²) in [7, 11) is 0. The zero-order valence-corrected chi connectivity index (χ0v) is 32.1. The van der Waals surface area contributed by atoms with Gasteiger partial charge in [-0.2, -0.15) is 0 Å². The standard InChI is InChI=1S/C37H53N11O10/c38-22(11-14-30(50)51)31(52)46-26(18-20-19-43-23-7-2-1-6-21(20)23)35(56)48-17-5-9-27(48)32(53)44-24(8-3-15-42-37(40)41)34(55)47-16-4-10-28(47)33(54)45-25(36(57)58)12-13-29(39)49/h1-2,6-7,19,22,24-28,43H,3-5,8-18,38H2,(H2,39,49)(H,44,53)(H,45,54)(H,46,52)(H,50,51)(H,57,58)(H4,40,41,42)/t22-,24-,25-,26-,27-,28-/m0/s1. The van der Waals surface area contributed by atoms with Gasteiger partial charge in [-0.3, -0.25) is 38.6 Å². The molecular weight excluding hydrogens is 758 g/mol. The molecule has 0 bridgehead atoms. The average Bonchev–Trinajstić information content (AvgIpc) is 3.96. The van der Waals surface area contributed by atoms with E-state index in [1.807, 2.05) is 24.3 Å². The van der Waals surface area contributed by atoms with Crippen molar-refractivity contribution in [3.8, 4) is 0 Å². The Labute approximate surface area is 333 Å². The number of guanidine groups is 1. The van der Waals surface area contributed by atoms with Crippen LogP contribution in [0.1, 0.15) is 69.8 Å². The molecule has 1 aromatic heterocycles. The molecule has 21 heteroatoms. The fraction of sp³-hybridized carbons (Fsp3) is 0.541. The number of para-hydroxylation sites is 1. The molecule has 0 radical (unpaired) electrons. The summed E-state index contributed by atoms with van der Waals surface area (Å²) in [5.74, 6) is -6.77. The third kappa shape index (κ3) is 12.1. The highest BCUT2D eigenvalue weighted by molar-refractivity contribution is 5.97. The lowest BCUT2D eigenvalue weighted by Crippen LogP contribution is -2.59. The van der Waals surface area contributed by atoms with E-state index in [4.69, 9.17) is 28.0 Å². The number of aromatic nitrogens is 1.